The van der Waals surface area contributed by atoms with Crippen molar-refractivity contribution in [2.24, 2.45) is 0 Å². The zero-order valence-corrected chi connectivity index (χ0v) is 9.30. The number of rotatable bonds is 4. The summed E-state index contributed by atoms with van der Waals surface area (Å²) in [4.78, 5) is 50.1. The van der Waals surface area contributed by atoms with Crippen molar-refractivity contribution in [2.45, 2.75) is 18.9 Å². The minimum absolute atomic E-state index is 0.128. The summed E-state index contributed by atoms with van der Waals surface area (Å²) in [6, 6.07) is 0.817. The van der Waals surface area contributed by atoms with Crippen LogP contribution >= 0.6 is 0 Å². The highest BCUT2D eigenvalue weighted by Crippen LogP contribution is 2.27. The first-order valence-corrected chi connectivity index (χ1v) is 5.34. The molecule has 8 heteroatoms. The van der Waals surface area contributed by atoms with Crippen LogP contribution in [0.4, 0.5) is 0 Å². The van der Waals surface area contributed by atoms with Crippen LogP contribution in [0.5, 0.6) is 0 Å². The van der Waals surface area contributed by atoms with E-state index in [1.165, 1.54) is 0 Å². The number of aromatic nitrogens is 2. The van der Waals surface area contributed by atoms with Crippen molar-refractivity contribution < 1.29 is 14.7 Å². The summed E-state index contributed by atoms with van der Waals surface area (Å²) in [5.74, 6) is -1.79. The number of carboxylic acid groups (broad SMARTS) is 1. The Labute approximate surface area is 100 Å². The Morgan fingerprint density at radius 3 is 2.50 bits per heavy atom. The first kappa shape index (κ1) is 12.1. The van der Waals surface area contributed by atoms with Gasteiger partial charge in [-0.05, 0) is 12.8 Å². The van der Waals surface area contributed by atoms with E-state index >= 15 is 0 Å². The molecule has 1 heterocycles. The van der Waals surface area contributed by atoms with Crippen LogP contribution in [-0.4, -0.2) is 44.4 Å². The molecule has 1 aromatic heterocycles. The van der Waals surface area contributed by atoms with Crippen LogP contribution in [0.1, 0.15) is 23.3 Å². The smallest absolute Gasteiger partial charge is 0.326 e. The molecule has 1 aliphatic rings. The lowest BCUT2D eigenvalue weighted by molar-refractivity contribution is -0.137. The van der Waals surface area contributed by atoms with Gasteiger partial charge in [0, 0.05) is 12.1 Å². The van der Waals surface area contributed by atoms with Crippen LogP contribution < -0.4 is 11.2 Å². The van der Waals surface area contributed by atoms with E-state index in [1.807, 2.05) is 4.98 Å². The number of aromatic amines is 2. The molecule has 0 aliphatic heterocycles. The Morgan fingerprint density at radius 2 is 2.00 bits per heavy atom. The second-order valence-electron chi connectivity index (χ2n) is 4.06. The lowest BCUT2D eigenvalue weighted by Gasteiger charge is -2.19. The lowest BCUT2D eigenvalue weighted by atomic mass is 10.3. The number of H-pyrrole nitrogens is 2. The molecule has 0 atom stereocenters. The zero-order chi connectivity index (χ0) is 13.3. The van der Waals surface area contributed by atoms with E-state index < -0.39 is 29.7 Å². The minimum atomic E-state index is -1.14. The Hall–Kier alpha value is -2.38. The fourth-order valence-electron chi connectivity index (χ4n) is 1.64. The second-order valence-corrected chi connectivity index (χ2v) is 4.06. The van der Waals surface area contributed by atoms with Gasteiger partial charge < -0.3 is 15.0 Å². The highest BCUT2D eigenvalue weighted by Gasteiger charge is 2.34. The standard InChI is InChI=1S/C10H11N3O5/c14-7-3-6(11-10(18)12-7)9(17)13(4-8(15)16)5-1-2-5/h3,5H,1-2,4H2,(H,15,16)(H2,11,12,14,18). The zero-order valence-electron chi connectivity index (χ0n) is 9.30. The molecule has 1 fully saturated rings. The number of carboxylic acids is 1. The fraction of sp³-hybridized carbons (Fsp3) is 0.400. The first-order chi connectivity index (χ1) is 8.47. The molecule has 2 rings (SSSR count). The summed E-state index contributed by atoms with van der Waals surface area (Å²) in [6.45, 7) is -0.446. The van der Waals surface area contributed by atoms with Crippen molar-refractivity contribution in [3.8, 4) is 0 Å². The quantitative estimate of drug-likeness (QED) is 0.618. The molecule has 1 aromatic rings. The van der Waals surface area contributed by atoms with Gasteiger partial charge in [0.15, 0.2) is 0 Å². The van der Waals surface area contributed by atoms with Crippen LogP contribution in [0.3, 0.4) is 0 Å². The van der Waals surface area contributed by atoms with Crippen LogP contribution in [-0.2, 0) is 4.79 Å². The molecule has 0 aromatic carbocycles. The highest BCUT2D eigenvalue weighted by atomic mass is 16.4. The Balaban J connectivity index is 2.30. The third-order valence-electron chi connectivity index (χ3n) is 2.54. The molecule has 0 unspecified atom stereocenters. The predicted octanol–water partition coefficient (Wildman–Crippen LogP) is -1.25. The van der Waals surface area contributed by atoms with Crippen LogP contribution in [0.25, 0.3) is 0 Å². The molecule has 0 saturated heterocycles. The van der Waals surface area contributed by atoms with Gasteiger partial charge in [-0.3, -0.25) is 19.4 Å². The van der Waals surface area contributed by atoms with Crippen molar-refractivity contribution in [3.63, 3.8) is 0 Å². The molecule has 0 bridgehead atoms. The van der Waals surface area contributed by atoms with Gasteiger partial charge in [-0.2, -0.15) is 0 Å². The van der Waals surface area contributed by atoms with Crippen LogP contribution in [0, 0.1) is 0 Å². The summed E-state index contributed by atoms with van der Waals surface area (Å²) in [6.07, 6.45) is 1.46. The lowest BCUT2D eigenvalue weighted by Crippen LogP contribution is -2.39. The van der Waals surface area contributed by atoms with E-state index in [-0.39, 0.29) is 11.7 Å². The number of hydrogen-bond donors (Lipinski definition) is 3. The van der Waals surface area contributed by atoms with E-state index in [2.05, 4.69) is 4.98 Å². The third kappa shape index (κ3) is 2.65. The fourth-order valence-corrected chi connectivity index (χ4v) is 1.64. The van der Waals surface area contributed by atoms with Crippen molar-refractivity contribution in [1.29, 1.82) is 0 Å². The Morgan fingerprint density at radius 1 is 1.33 bits per heavy atom. The minimum Gasteiger partial charge on any atom is -0.480 e. The van der Waals surface area contributed by atoms with Crippen molar-refractivity contribution in [1.82, 2.24) is 14.9 Å². The number of carbonyl (C=O) groups is 2. The first-order valence-electron chi connectivity index (χ1n) is 5.34. The van der Waals surface area contributed by atoms with E-state index in [0.717, 1.165) is 23.8 Å². The van der Waals surface area contributed by atoms with Gasteiger partial charge >= 0.3 is 11.7 Å². The van der Waals surface area contributed by atoms with Crippen molar-refractivity contribution >= 4 is 11.9 Å². The number of nitrogens with zero attached hydrogens (tertiary/aromatic N) is 1. The molecule has 1 aliphatic carbocycles. The van der Waals surface area contributed by atoms with E-state index in [0.29, 0.717) is 0 Å². The van der Waals surface area contributed by atoms with E-state index in [9.17, 15) is 19.2 Å². The predicted molar refractivity (Wildman–Crippen MR) is 59.4 cm³/mol. The average molecular weight is 253 g/mol. The molecule has 18 heavy (non-hydrogen) atoms. The summed E-state index contributed by atoms with van der Waals surface area (Å²) in [5, 5.41) is 8.73. The molecule has 96 valence electrons. The van der Waals surface area contributed by atoms with Gasteiger partial charge in [0.05, 0.1) is 0 Å². The molecule has 1 saturated carbocycles. The summed E-state index contributed by atoms with van der Waals surface area (Å²) < 4.78 is 0. The summed E-state index contributed by atoms with van der Waals surface area (Å²) in [5.41, 5.74) is -1.69. The molecule has 1 amide bonds. The number of aliphatic carboxylic acids is 1. The normalized spacial score (nSPS) is 14.2. The van der Waals surface area contributed by atoms with E-state index in [1.54, 1.807) is 0 Å². The number of nitrogens with one attached hydrogen (secondary N) is 2. The van der Waals surface area contributed by atoms with Gasteiger partial charge in [-0.1, -0.05) is 0 Å². The maximum atomic E-state index is 12.0. The van der Waals surface area contributed by atoms with Gasteiger partial charge in [-0.25, -0.2) is 4.79 Å². The number of hydrogen-bond acceptors (Lipinski definition) is 4. The molecular formula is C10H11N3O5. The van der Waals surface area contributed by atoms with Crippen LogP contribution in [0.2, 0.25) is 0 Å². The third-order valence-corrected chi connectivity index (χ3v) is 2.54. The van der Waals surface area contributed by atoms with Crippen LogP contribution in [0.15, 0.2) is 15.7 Å². The topological polar surface area (TPSA) is 123 Å². The van der Waals surface area contributed by atoms with Gasteiger partial charge in [0.1, 0.15) is 12.2 Å². The maximum absolute atomic E-state index is 12.0. The largest absolute Gasteiger partial charge is 0.480 e. The molecule has 3 N–H and O–H groups in total. The Kier molecular flexibility index (Phi) is 3.00. The van der Waals surface area contributed by atoms with E-state index in [4.69, 9.17) is 5.11 Å². The maximum Gasteiger partial charge on any atom is 0.326 e. The molecule has 8 nitrogen and oxygen atoms in total. The van der Waals surface area contributed by atoms with Gasteiger partial charge in [0.25, 0.3) is 11.5 Å². The average Bonchev–Trinajstić information content (AvgIpc) is 3.07. The monoisotopic (exact) mass is 253 g/mol. The molecule has 0 spiro atoms. The summed E-state index contributed by atoms with van der Waals surface area (Å²) >= 11 is 0. The Bertz CT molecular complexity index is 570. The SMILES string of the molecule is O=C(O)CN(C(=O)c1cc(=O)[nH]c(=O)[nH]1)C1CC1. The van der Waals surface area contributed by atoms with Gasteiger partial charge in [0.2, 0.25) is 0 Å². The molecule has 0 radical (unpaired) electrons. The van der Waals surface area contributed by atoms with Gasteiger partial charge in [-0.15, -0.1) is 0 Å². The molecular weight excluding hydrogens is 242 g/mol. The highest BCUT2D eigenvalue weighted by molar-refractivity contribution is 5.94. The van der Waals surface area contributed by atoms with Crippen molar-refractivity contribution in [3.05, 3.63) is 32.6 Å². The second kappa shape index (κ2) is 4.47. The number of amides is 1. The summed E-state index contributed by atoms with van der Waals surface area (Å²) in [7, 11) is 0. The van der Waals surface area contributed by atoms with Crippen molar-refractivity contribution in [2.75, 3.05) is 6.54 Å². The number of carbonyl (C=O) groups excluding carboxylic acids is 1.